The van der Waals surface area contributed by atoms with Gasteiger partial charge in [0.1, 0.15) is 5.69 Å². The van der Waals surface area contributed by atoms with Crippen LogP contribution in [0.1, 0.15) is 22.1 Å². The fourth-order valence-corrected chi connectivity index (χ4v) is 2.97. The average Bonchev–Trinajstić information content (AvgIpc) is 3.25. The number of nitrogens with one attached hydrogen (secondary N) is 2. The van der Waals surface area contributed by atoms with Gasteiger partial charge >= 0.3 is 0 Å². The number of nitrogens with zero attached hydrogens (tertiary/aromatic N) is 4. The van der Waals surface area contributed by atoms with E-state index in [-0.39, 0.29) is 11.9 Å². The molecule has 3 rings (SSSR count). The predicted molar refractivity (Wildman–Crippen MR) is 104 cm³/mol. The Kier molecular flexibility index (Phi) is 5.53. The third-order valence-electron chi connectivity index (χ3n) is 4.15. The van der Waals surface area contributed by atoms with Crippen molar-refractivity contribution in [2.24, 2.45) is 7.05 Å². The summed E-state index contributed by atoms with van der Waals surface area (Å²) in [4.78, 5) is 14.5. The van der Waals surface area contributed by atoms with Crippen LogP contribution in [0.3, 0.4) is 0 Å². The van der Waals surface area contributed by atoms with Crippen molar-refractivity contribution in [2.45, 2.75) is 6.04 Å². The van der Waals surface area contributed by atoms with E-state index in [1.165, 1.54) is 0 Å². The summed E-state index contributed by atoms with van der Waals surface area (Å²) in [5, 5.41) is 14.2. The number of halogens is 1. The lowest BCUT2D eigenvalue weighted by Gasteiger charge is -2.23. The maximum atomic E-state index is 12.5. The lowest BCUT2D eigenvalue weighted by Crippen LogP contribution is -2.34. The molecule has 0 saturated carbocycles. The van der Waals surface area contributed by atoms with E-state index in [0.29, 0.717) is 12.2 Å². The summed E-state index contributed by atoms with van der Waals surface area (Å²) in [5.74, 6) is -0.184. The maximum Gasteiger partial charge on any atom is 0.269 e. The normalized spacial score (nSPS) is 12.3. The SMILES string of the molecule is CN(C)C(CNC(=O)c1cc(-c2ccc(Br)cc2)n[nH]1)c1cnn(C)c1. The highest BCUT2D eigenvalue weighted by atomic mass is 79.9. The first-order valence-corrected chi connectivity index (χ1v) is 8.98. The summed E-state index contributed by atoms with van der Waals surface area (Å²) in [7, 11) is 5.83. The largest absolute Gasteiger partial charge is 0.349 e. The third-order valence-corrected chi connectivity index (χ3v) is 4.68. The number of likely N-dealkylation sites (N-methyl/N-ethyl adjacent to an activating group) is 1. The van der Waals surface area contributed by atoms with E-state index in [0.717, 1.165) is 21.3 Å². The van der Waals surface area contributed by atoms with Gasteiger partial charge in [-0.1, -0.05) is 28.1 Å². The van der Waals surface area contributed by atoms with Crippen LogP contribution >= 0.6 is 15.9 Å². The Labute approximate surface area is 160 Å². The highest BCUT2D eigenvalue weighted by Gasteiger charge is 2.18. The maximum absolute atomic E-state index is 12.5. The molecule has 7 nitrogen and oxygen atoms in total. The Morgan fingerprint density at radius 2 is 2.08 bits per heavy atom. The fraction of sp³-hybridized carbons (Fsp3) is 0.278. The zero-order valence-corrected chi connectivity index (χ0v) is 16.5. The molecule has 0 aliphatic carbocycles. The van der Waals surface area contributed by atoms with E-state index < -0.39 is 0 Å². The second-order valence-corrected chi connectivity index (χ2v) is 7.23. The molecule has 0 aliphatic heterocycles. The minimum Gasteiger partial charge on any atom is -0.349 e. The van der Waals surface area contributed by atoms with E-state index >= 15 is 0 Å². The van der Waals surface area contributed by atoms with Crippen molar-refractivity contribution < 1.29 is 4.79 Å². The number of hydrogen-bond acceptors (Lipinski definition) is 4. The Morgan fingerprint density at radius 1 is 1.35 bits per heavy atom. The number of aromatic amines is 1. The van der Waals surface area contributed by atoms with Gasteiger partial charge in [-0.05, 0) is 32.3 Å². The van der Waals surface area contributed by atoms with Crippen molar-refractivity contribution in [1.29, 1.82) is 0 Å². The van der Waals surface area contributed by atoms with Crippen LogP contribution in [-0.2, 0) is 7.05 Å². The molecule has 26 heavy (non-hydrogen) atoms. The molecule has 1 aromatic carbocycles. The van der Waals surface area contributed by atoms with E-state index in [4.69, 9.17) is 0 Å². The van der Waals surface area contributed by atoms with Gasteiger partial charge in [-0.25, -0.2) is 0 Å². The standard InChI is InChI=1S/C18H21BrN6O/c1-24(2)17(13-9-21-25(3)11-13)10-20-18(26)16-8-15(22-23-16)12-4-6-14(19)7-5-12/h4-9,11,17H,10H2,1-3H3,(H,20,26)(H,22,23). The monoisotopic (exact) mass is 416 g/mol. The zero-order valence-electron chi connectivity index (χ0n) is 14.9. The van der Waals surface area contributed by atoms with Gasteiger partial charge in [0.05, 0.1) is 17.9 Å². The number of carbonyl (C=O) groups excluding carboxylic acids is 1. The smallest absolute Gasteiger partial charge is 0.269 e. The van der Waals surface area contributed by atoms with Crippen LogP contribution in [0, 0.1) is 0 Å². The molecule has 0 aliphatic rings. The third kappa shape index (κ3) is 4.20. The second kappa shape index (κ2) is 7.84. The van der Waals surface area contributed by atoms with Gasteiger partial charge in [0.15, 0.2) is 0 Å². The number of hydrogen-bond donors (Lipinski definition) is 2. The van der Waals surface area contributed by atoms with E-state index in [1.54, 1.807) is 10.7 Å². The molecular formula is C18H21BrN6O. The Bertz CT molecular complexity index is 883. The molecule has 0 saturated heterocycles. The topological polar surface area (TPSA) is 78.8 Å². The second-order valence-electron chi connectivity index (χ2n) is 6.31. The molecule has 136 valence electrons. The molecule has 8 heteroatoms. The summed E-state index contributed by atoms with van der Waals surface area (Å²) >= 11 is 3.41. The number of aryl methyl sites for hydroxylation is 1. The molecule has 0 radical (unpaired) electrons. The van der Waals surface area contributed by atoms with Gasteiger partial charge in [0.2, 0.25) is 0 Å². The average molecular weight is 417 g/mol. The Hall–Kier alpha value is -2.45. The number of carbonyl (C=O) groups is 1. The zero-order chi connectivity index (χ0) is 18.7. The summed E-state index contributed by atoms with van der Waals surface area (Å²) in [6.07, 6.45) is 3.78. The number of rotatable bonds is 6. The lowest BCUT2D eigenvalue weighted by molar-refractivity contribution is 0.0937. The van der Waals surface area contributed by atoms with E-state index in [9.17, 15) is 4.79 Å². The van der Waals surface area contributed by atoms with Crippen LogP contribution in [0.2, 0.25) is 0 Å². The van der Waals surface area contributed by atoms with Gasteiger partial charge in [-0.15, -0.1) is 0 Å². The minimum absolute atomic E-state index is 0.0431. The van der Waals surface area contributed by atoms with Crippen molar-refractivity contribution in [3.8, 4) is 11.3 Å². The van der Waals surface area contributed by atoms with Gasteiger partial charge in [0.25, 0.3) is 5.91 Å². The summed E-state index contributed by atoms with van der Waals surface area (Å²) in [6.45, 7) is 0.476. The van der Waals surface area contributed by atoms with Crippen LogP contribution in [0.25, 0.3) is 11.3 Å². The molecule has 2 aromatic heterocycles. The fourth-order valence-electron chi connectivity index (χ4n) is 2.70. The Morgan fingerprint density at radius 3 is 2.69 bits per heavy atom. The van der Waals surface area contributed by atoms with E-state index in [2.05, 4.69) is 41.4 Å². The van der Waals surface area contributed by atoms with Gasteiger partial charge in [0, 0.05) is 35.4 Å². The van der Waals surface area contributed by atoms with E-state index in [1.807, 2.05) is 57.8 Å². The Balaban J connectivity index is 1.67. The first-order chi connectivity index (χ1) is 12.4. The quantitative estimate of drug-likeness (QED) is 0.647. The molecule has 1 amide bonds. The number of H-pyrrole nitrogens is 1. The van der Waals surface area contributed by atoms with Crippen molar-refractivity contribution >= 4 is 21.8 Å². The molecule has 0 spiro atoms. The molecule has 3 aromatic rings. The number of amides is 1. The highest BCUT2D eigenvalue weighted by molar-refractivity contribution is 9.10. The van der Waals surface area contributed by atoms with Crippen LogP contribution in [0.4, 0.5) is 0 Å². The van der Waals surface area contributed by atoms with Crippen molar-refractivity contribution in [1.82, 2.24) is 30.2 Å². The molecule has 0 fully saturated rings. The first-order valence-electron chi connectivity index (χ1n) is 8.18. The molecule has 1 unspecified atom stereocenters. The van der Waals surface area contributed by atoms with Gasteiger partial charge < -0.3 is 10.2 Å². The number of benzene rings is 1. The van der Waals surface area contributed by atoms with Crippen LogP contribution in [0.15, 0.2) is 47.2 Å². The minimum atomic E-state index is -0.184. The van der Waals surface area contributed by atoms with Crippen LogP contribution in [0.5, 0.6) is 0 Å². The van der Waals surface area contributed by atoms with Crippen LogP contribution in [-0.4, -0.2) is 51.4 Å². The molecule has 0 bridgehead atoms. The van der Waals surface area contributed by atoms with Crippen molar-refractivity contribution in [3.05, 3.63) is 58.5 Å². The summed E-state index contributed by atoms with van der Waals surface area (Å²) in [6, 6.07) is 9.59. The summed E-state index contributed by atoms with van der Waals surface area (Å²) in [5.41, 5.74) is 3.17. The highest BCUT2D eigenvalue weighted by Crippen LogP contribution is 2.21. The molecule has 1 atom stereocenters. The van der Waals surface area contributed by atoms with Crippen molar-refractivity contribution in [2.75, 3.05) is 20.6 Å². The van der Waals surface area contributed by atoms with Gasteiger partial charge in [-0.2, -0.15) is 10.2 Å². The lowest BCUT2D eigenvalue weighted by atomic mass is 10.1. The predicted octanol–water partition coefficient (Wildman–Crippen LogP) is 2.61. The van der Waals surface area contributed by atoms with Crippen LogP contribution < -0.4 is 5.32 Å². The van der Waals surface area contributed by atoms with Gasteiger partial charge in [-0.3, -0.25) is 14.6 Å². The molecular weight excluding hydrogens is 396 g/mol. The number of aromatic nitrogens is 4. The van der Waals surface area contributed by atoms with Crippen molar-refractivity contribution in [3.63, 3.8) is 0 Å². The molecule has 2 N–H and O–H groups in total. The first kappa shape index (κ1) is 18.3. The summed E-state index contributed by atoms with van der Waals surface area (Å²) < 4.78 is 2.76. The molecule has 2 heterocycles.